The van der Waals surface area contributed by atoms with E-state index >= 15 is 0 Å². The SMILES string of the molecule is Nc1cc(OC(F)(F)F)c(Cl)c(C(F)(F)F)c1. The third-order valence-electron chi connectivity index (χ3n) is 1.59. The van der Waals surface area contributed by atoms with Crippen molar-refractivity contribution in [1.82, 2.24) is 0 Å². The lowest BCUT2D eigenvalue weighted by atomic mass is 10.2. The van der Waals surface area contributed by atoms with Gasteiger partial charge in [0.1, 0.15) is 0 Å². The fourth-order valence-electron chi connectivity index (χ4n) is 1.02. The first-order chi connectivity index (χ1) is 7.50. The van der Waals surface area contributed by atoms with Crippen molar-refractivity contribution in [3.63, 3.8) is 0 Å². The molecule has 96 valence electrons. The Balaban J connectivity index is 3.29. The van der Waals surface area contributed by atoms with E-state index < -0.39 is 34.6 Å². The lowest BCUT2D eigenvalue weighted by Crippen LogP contribution is -2.18. The van der Waals surface area contributed by atoms with Crippen LogP contribution in [0.3, 0.4) is 0 Å². The molecule has 0 aromatic heterocycles. The Morgan fingerprint density at radius 3 is 2.00 bits per heavy atom. The van der Waals surface area contributed by atoms with Gasteiger partial charge in [-0.05, 0) is 6.07 Å². The summed E-state index contributed by atoms with van der Waals surface area (Å²) >= 11 is 5.17. The molecule has 0 unspecified atom stereocenters. The molecule has 0 aliphatic heterocycles. The van der Waals surface area contributed by atoms with Crippen molar-refractivity contribution in [2.75, 3.05) is 5.73 Å². The zero-order valence-corrected chi connectivity index (χ0v) is 8.54. The molecule has 0 heterocycles. The number of hydrogen-bond donors (Lipinski definition) is 1. The predicted molar refractivity (Wildman–Crippen MR) is 47.5 cm³/mol. The Bertz CT molecular complexity index is 427. The highest BCUT2D eigenvalue weighted by Crippen LogP contribution is 2.42. The van der Waals surface area contributed by atoms with Gasteiger partial charge >= 0.3 is 12.5 Å². The predicted octanol–water partition coefficient (Wildman–Crippen LogP) is 3.84. The number of nitrogen functional groups attached to an aromatic ring is 1. The van der Waals surface area contributed by atoms with Crippen LogP contribution in [0.25, 0.3) is 0 Å². The summed E-state index contributed by atoms with van der Waals surface area (Å²) in [6.45, 7) is 0. The van der Waals surface area contributed by atoms with Gasteiger partial charge < -0.3 is 10.5 Å². The maximum atomic E-state index is 12.4. The molecule has 0 radical (unpaired) electrons. The quantitative estimate of drug-likeness (QED) is 0.626. The molecule has 0 saturated carbocycles. The third kappa shape index (κ3) is 3.58. The highest BCUT2D eigenvalue weighted by atomic mass is 35.5. The summed E-state index contributed by atoms with van der Waals surface area (Å²) in [6, 6.07) is 0.983. The van der Waals surface area contributed by atoms with Gasteiger partial charge in [0.25, 0.3) is 0 Å². The Morgan fingerprint density at radius 1 is 1.06 bits per heavy atom. The molecule has 0 spiro atoms. The summed E-state index contributed by atoms with van der Waals surface area (Å²) in [5.41, 5.74) is 3.01. The largest absolute Gasteiger partial charge is 0.573 e. The van der Waals surface area contributed by atoms with Crippen molar-refractivity contribution in [3.8, 4) is 5.75 Å². The van der Waals surface area contributed by atoms with Crippen LogP contribution in [0.4, 0.5) is 32.0 Å². The molecule has 1 aromatic carbocycles. The van der Waals surface area contributed by atoms with Crippen LogP contribution in [-0.4, -0.2) is 6.36 Å². The molecule has 0 atom stereocenters. The summed E-state index contributed by atoms with van der Waals surface area (Å²) in [6.07, 6.45) is -10.1. The Labute approximate surface area is 95.9 Å². The number of halogens is 7. The van der Waals surface area contributed by atoms with Crippen LogP contribution < -0.4 is 10.5 Å². The fraction of sp³-hybridized carbons (Fsp3) is 0.250. The van der Waals surface area contributed by atoms with Crippen LogP contribution in [-0.2, 0) is 6.18 Å². The van der Waals surface area contributed by atoms with Gasteiger partial charge in [-0.1, -0.05) is 11.6 Å². The number of hydrogen-bond acceptors (Lipinski definition) is 2. The molecular formula is C8H4ClF6NO. The second-order valence-electron chi connectivity index (χ2n) is 2.93. The second-order valence-corrected chi connectivity index (χ2v) is 3.30. The Hall–Kier alpha value is -1.31. The van der Waals surface area contributed by atoms with Gasteiger partial charge in [-0.15, -0.1) is 13.2 Å². The van der Waals surface area contributed by atoms with Gasteiger partial charge in [-0.2, -0.15) is 13.2 Å². The first-order valence-electron chi connectivity index (χ1n) is 3.92. The molecule has 1 aromatic rings. The zero-order valence-electron chi connectivity index (χ0n) is 7.79. The average molecular weight is 280 g/mol. The lowest BCUT2D eigenvalue weighted by molar-refractivity contribution is -0.274. The molecule has 0 aliphatic carbocycles. The normalized spacial score (nSPS) is 12.6. The van der Waals surface area contributed by atoms with E-state index in [0.717, 1.165) is 0 Å². The van der Waals surface area contributed by atoms with Crippen molar-refractivity contribution in [1.29, 1.82) is 0 Å². The van der Waals surface area contributed by atoms with Crippen molar-refractivity contribution >= 4 is 17.3 Å². The van der Waals surface area contributed by atoms with E-state index in [1.54, 1.807) is 0 Å². The fourth-order valence-corrected chi connectivity index (χ4v) is 1.28. The summed E-state index contributed by atoms with van der Waals surface area (Å²) in [5.74, 6) is -1.19. The second kappa shape index (κ2) is 4.17. The van der Waals surface area contributed by atoms with Crippen LogP contribution in [0.15, 0.2) is 12.1 Å². The molecule has 1 rings (SSSR count). The summed E-state index contributed by atoms with van der Waals surface area (Å²) in [5, 5.41) is -1.19. The molecule has 2 N–H and O–H groups in total. The van der Waals surface area contributed by atoms with Gasteiger partial charge in [-0.3, -0.25) is 0 Å². The Kier molecular flexibility index (Phi) is 3.37. The molecular weight excluding hydrogens is 276 g/mol. The van der Waals surface area contributed by atoms with Crippen molar-refractivity contribution in [2.45, 2.75) is 12.5 Å². The summed E-state index contributed by atoms with van der Waals surface area (Å²) < 4.78 is 76.1. The minimum Gasteiger partial charge on any atom is -0.404 e. The van der Waals surface area contributed by atoms with E-state index in [9.17, 15) is 26.3 Å². The van der Waals surface area contributed by atoms with Crippen LogP contribution in [0.5, 0.6) is 5.75 Å². The van der Waals surface area contributed by atoms with E-state index in [1.165, 1.54) is 0 Å². The molecule has 0 amide bonds. The van der Waals surface area contributed by atoms with E-state index in [2.05, 4.69) is 4.74 Å². The van der Waals surface area contributed by atoms with Crippen LogP contribution in [0.2, 0.25) is 5.02 Å². The first-order valence-corrected chi connectivity index (χ1v) is 4.30. The number of ether oxygens (including phenoxy) is 1. The first kappa shape index (κ1) is 13.8. The van der Waals surface area contributed by atoms with Crippen LogP contribution >= 0.6 is 11.6 Å². The average Bonchev–Trinajstić information content (AvgIpc) is 2.06. The number of anilines is 1. The maximum absolute atomic E-state index is 12.4. The topological polar surface area (TPSA) is 35.2 Å². The number of alkyl halides is 6. The number of benzene rings is 1. The van der Waals surface area contributed by atoms with Gasteiger partial charge in [0.15, 0.2) is 5.75 Å². The van der Waals surface area contributed by atoms with Crippen LogP contribution in [0, 0.1) is 0 Å². The monoisotopic (exact) mass is 279 g/mol. The van der Waals surface area contributed by atoms with E-state index in [1.807, 2.05) is 0 Å². The molecule has 2 nitrogen and oxygen atoms in total. The lowest BCUT2D eigenvalue weighted by Gasteiger charge is -2.15. The van der Waals surface area contributed by atoms with Crippen LogP contribution in [0.1, 0.15) is 5.56 Å². The highest BCUT2D eigenvalue weighted by Gasteiger charge is 2.38. The summed E-state index contributed by atoms with van der Waals surface area (Å²) in [7, 11) is 0. The van der Waals surface area contributed by atoms with E-state index in [0.29, 0.717) is 12.1 Å². The molecule has 0 bridgehead atoms. The third-order valence-corrected chi connectivity index (χ3v) is 1.98. The molecule has 0 saturated heterocycles. The van der Waals surface area contributed by atoms with Crippen molar-refractivity contribution in [3.05, 3.63) is 22.7 Å². The molecule has 0 aliphatic rings. The molecule has 0 fully saturated rings. The van der Waals surface area contributed by atoms with E-state index in [4.69, 9.17) is 17.3 Å². The zero-order chi connectivity index (χ0) is 13.4. The van der Waals surface area contributed by atoms with Gasteiger partial charge in [-0.25, -0.2) is 0 Å². The minimum absolute atomic E-state index is 0.422. The molecule has 9 heteroatoms. The standard InChI is InChI=1S/C8H4ClF6NO/c9-6-4(7(10,11)12)1-3(16)2-5(6)17-8(13,14)15/h1-2H,16H2. The Morgan fingerprint density at radius 2 is 1.59 bits per heavy atom. The summed E-state index contributed by atoms with van der Waals surface area (Å²) in [4.78, 5) is 0. The maximum Gasteiger partial charge on any atom is 0.573 e. The minimum atomic E-state index is -5.15. The van der Waals surface area contributed by atoms with Gasteiger partial charge in [0.2, 0.25) is 0 Å². The number of rotatable bonds is 1. The van der Waals surface area contributed by atoms with E-state index in [-0.39, 0.29) is 0 Å². The number of nitrogens with two attached hydrogens (primary N) is 1. The highest BCUT2D eigenvalue weighted by molar-refractivity contribution is 6.33. The van der Waals surface area contributed by atoms with Crippen molar-refractivity contribution in [2.24, 2.45) is 0 Å². The van der Waals surface area contributed by atoms with Gasteiger partial charge in [0, 0.05) is 11.8 Å². The molecule has 17 heavy (non-hydrogen) atoms. The van der Waals surface area contributed by atoms with Gasteiger partial charge in [0.05, 0.1) is 10.6 Å². The van der Waals surface area contributed by atoms with Crippen molar-refractivity contribution < 1.29 is 31.1 Å². The smallest absolute Gasteiger partial charge is 0.404 e.